The summed E-state index contributed by atoms with van der Waals surface area (Å²) in [5.74, 6) is 1.32. The van der Waals surface area contributed by atoms with Gasteiger partial charge in [-0.3, -0.25) is 5.41 Å². The molecule has 1 saturated carbocycles. The van der Waals surface area contributed by atoms with Crippen LogP contribution in [0, 0.1) is 11.3 Å². The van der Waals surface area contributed by atoms with Crippen LogP contribution in [-0.2, 0) is 0 Å². The summed E-state index contributed by atoms with van der Waals surface area (Å²) in [5, 5.41) is 7.25. The molecular weight excluding hydrogens is 198 g/mol. The molecule has 3 N–H and O–H groups in total. The van der Waals surface area contributed by atoms with Gasteiger partial charge in [-0.25, -0.2) is 0 Å². The van der Waals surface area contributed by atoms with Crippen LogP contribution in [0.15, 0.2) is 0 Å². The standard InChI is InChI=1S/C13H25N3/c14-13(15)8-4-10-16-9-3-6-11-5-1-2-7-12(11)16/h11-12H,1-10H2,(H3,14,15). The molecule has 2 unspecified atom stereocenters. The first-order valence-electron chi connectivity index (χ1n) is 6.84. The van der Waals surface area contributed by atoms with E-state index in [9.17, 15) is 0 Å². The van der Waals surface area contributed by atoms with Gasteiger partial charge < -0.3 is 10.6 Å². The first kappa shape index (κ1) is 11.9. The lowest BCUT2D eigenvalue weighted by atomic mass is 9.78. The van der Waals surface area contributed by atoms with Crippen molar-refractivity contribution in [2.75, 3.05) is 13.1 Å². The average molecular weight is 223 g/mol. The second-order valence-corrected chi connectivity index (χ2v) is 5.42. The first-order valence-corrected chi connectivity index (χ1v) is 6.84. The van der Waals surface area contributed by atoms with Gasteiger partial charge in [-0.2, -0.15) is 0 Å². The molecule has 2 atom stereocenters. The number of nitrogens with zero attached hydrogens (tertiary/aromatic N) is 1. The molecule has 92 valence electrons. The molecule has 1 aliphatic heterocycles. The first-order chi connectivity index (χ1) is 7.77. The second-order valence-electron chi connectivity index (χ2n) is 5.42. The Balaban J connectivity index is 1.80. The van der Waals surface area contributed by atoms with Crippen LogP contribution in [0.3, 0.4) is 0 Å². The fraction of sp³-hybridized carbons (Fsp3) is 0.923. The van der Waals surface area contributed by atoms with Crippen molar-refractivity contribution < 1.29 is 0 Å². The van der Waals surface area contributed by atoms with Crippen molar-refractivity contribution in [1.29, 1.82) is 5.41 Å². The fourth-order valence-electron chi connectivity index (χ4n) is 3.48. The minimum atomic E-state index is 0.345. The minimum Gasteiger partial charge on any atom is -0.388 e. The van der Waals surface area contributed by atoms with Crippen molar-refractivity contribution in [1.82, 2.24) is 4.90 Å². The Labute approximate surface area is 98.9 Å². The van der Waals surface area contributed by atoms with Crippen LogP contribution in [0.4, 0.5) is 0 Å². The zero-order valence-corrected chi connectivity index (χ0v) is 10.3. The third kappa shape index (κ3) is 2.97. The van der Waals surface area contributed by atoms with E-state index < -0.39 is 0 Å². The minimum absolute atomic E-state index is 0.345. The lowest BCUT2D eigenvalue weighted by Gasteiger charge is -2.44. The second kappa shape index (κ2) is 5.67. The summed E-state index contributed by atoms with van der Waals surface area (Å²) in [5.41, 5.74) is 5.40. The molecule has 1 heterocycles. The Hall–Kier alpha value is -0.570. The van der Waals surface area contributed by atoms with E-state index in [2.05, 4.69) is 4.90 Å². The summed E-state index contributed by atoms with van der Waals surface area (Å²) in [4.78, 5) is 2.68. The number of hydrogen-bond donors (Lipinski definition) is 2. The van der Waals surface area contributed by atoms with E-state index in [0.29, 0.717) is 5.84 Å². The van der Waals surface area contributed by atoms with Gasteiger partial charge in [-0.05, 0) is 51.1 Å². The molecular formula is C13H25N3. The summed E-state index contributed by atoms with van der Waals surface area (Å²) in [7, 11) is 0. The van der Waals surface area contributed by atoms with Gasteiger partial charge >= 0.3 is 0 Å². The highest BCUT2D eigenvalue weighted by Crippen LogP contribution is 2.35. The van der Waals surface area contributed by atoms with Crippen LogP contribution < -0.4 is 5.73 Å². The monoisotopic (exact) mass is 223 g/mol. The topological polar surface area (TPSA) is 53.1 Å². The van der Waals surface area contributed by atoms with Crippen LogP contribution >= 0.6 is 0 Å². The van der Waals surface area contributed by atoms with Crippen molar-refractivity contribution >= 4 is 5.84 Å². The van der Waals surface area contributed by atoms with Gasteiger partial charge in [0.15, 0.2) is 0 Å². The average Bonchev–Trinajstić information content (AvgIpc) is 2.29. The highest BCUT2D eigenvalue weighted by atomic mass is 15.2. The van der Waals surface area contributed by atoms with E-state index in [1.165, 1.54) is 45.1 Å². The van der Waals surface area contributed by atoms with Crippen LogP contribution in [0.25, 0.3) is 0 Å². The van der Waals surface area contributed by atoms with Gasteiger partial charge in [-0.15, -0.1) is 0 Å². The molecule has 0 radical (unpaired) electrons. The van der Waals surface area contributed by atoms with Gasteiger partial charge in [0.25, 0.3) is 0 Å². The summed E-state index contributed by atoms with van der Waals surface area (Å²) in [6.45, 7) is 2.43. The largest absolute Gasteiger partial charge is 0.388 e. The number of nitrogens with one attached hydrogen (secondary N) is 1. The molecule has 0 aromatic carbocycles. The molecule has 16 heavy (non-hydrogen) atoms. The van der Waals surface area contributed by atoms with E-state index in [1.54, 1.807) is 0 Å². The maximum Gasteiger partial charge on any atom is 0.0905 e. The van der Waals surface area contributed by atoms with Gasteiger partial charge in [0.1, 0.15) is 0 Å². The number of fused-ring (bicyclic) bond motifs is 1. The molecule has 0 aromatic heterocycles. The fourth-order valence-corrected chi connectivity index (χ4v) is 3.48. The maximum absolute atomic E-state index is 7.25. The third-order valence-corrected chi connectivity index (χ3v) is 4.25. The molecule has 0 spiro atoms. The molecule has 1 aliphatic carbocycles. The number of piperidine rings is 1. The van der Waals surface area contributed by atoms with Crippen molar-refractivity contribution in [3.8, 4) is 0 Å². The summed E-state index contributed by atoms with van der Waals surface area (Å²) >= 11 is 0. The third-order valence-electron chi connectivity index (χ3n) is 4.25. The van der Waals surface area contributed by atoms with E-state index in [4.69, 9.17) is 11.1 Å². The van der Waals surface area contributed by atoms with Gasteiger partial charge in [0.05, 0.1) is 5.84 Å². The Kier molecular flexibility index (Phi) is 4.22. The van der Waals surface area contributed by atoms with E-state index in [1.807, 2.05) is 0 Å². The SMILES string of the molecule is N=C(N)CCCN1CCCC2CCCCC21. The predicted octanol–water partition coefficient (Wildman–Crippen LogP) is 2.36. The Morgan fingerprint density at radius 2 is 1.94 bits per heavy atom. The van der Waals surface area contributed by atoms with E-state index in [-0.39, 0.29) is 0 Å². The maximum atomic E-state index is 7.25. The molecule has 2 aliphatic rings. The van der Waals surface area contributed by atoms with Crippen LogP contribution in [0.5, 0.6) is 0 Å². The van der Waals surface area contributed by atoms with Gasteiger partial charge in [0, 0.05) is 12.5 Å². The van der Waals surface area contributed by atoms with Crippen LogP contribution in [0.2, 0.25) is 0 Å². The Morgan fingerprint density at radius 1 is 1.19 bits per heavy atom. The van der Waals surface area contributed by atoms with Crippen molar-refractivity contribution in [3.63, 3.8) is 0 Å². The zero-order valence-electron chi connectivity index (χ0n) is 10.3. The molecule has 2 fully saturated rings. The molecule has 1 saturated heterocycles. The number of hydrogen-bond acceptors (Lipinski definition) is 2. The van der Waals surface area contributed by atoms with Gasteiger partial charge in [-0.1, -0.05) is 12.8 Å². The van der Waals surface area contributed by atoms with Crippen LogP contribution in [-0.4, -0.2) is 29.9 Å². The highest BCUT2D eigenvalue weighted by Gasteiger charge is 2.32. The molecule has 0 aromatic rings. The highest BCUT2D eigenvalue weighted by molar-refractivity contribution is 5.76. The Morgan fingerprint density at radius 3 is 2.75 bits per heavy atom. The van der Waals surface area contributed by atoms with Crippen LogP contribution in [0.1, 0.15) is 51.4 Å². The lowest BCUT2D eigenvalue weighted by Crippen LogP contribution is -2.47. The smallest absolute Gasteiger partial charge is 0.0905 e. The van der Waals surface area contributed by atoms with Crippen molar-refractivity contribution in [3.05, 3.63) is 0 Å². The number of likely N-dealkylation sites (tertiary alicyclic amines) is 1. The van der Waals surface area contributed by atoms with Gasteiger partial charge in [0.2, 0.25) is 0 Å². The molecule has 3 nitrogen and oxygen atoms in total. The molecule has 0 amide bonds. The number of amidine groups is 1. The summed E-state index contributed by atoms with van der Waals surface area (Å²) in [6, 6.07) is 0.856. The summed E-state index contributed by atoms with van der Waals surface area (Å²) < 4.78 is 0. The van der Waals surface area contributed by atoms with E-state index in [0.717, 1.165) is 31.3 Å². The lowest BCUT2D eigenvalue weighted by molar-refractivity contribution is 0.0605. The summed E-state index contributed by atoms with van der Waals surface area (Å²) in [6.07, 6.45) is 10.4. The quantitative estimate of drug-likeness (QED) is 0.568. The number of rotatable bonds is 4. The Bertz CT molecular complexity index is 237. The van der Waals surface area contributed by atoms with Crippen molar-refractivity contribution in [2.24, 2.45) is 11.7 Å². The van der Waals surface area contributed by atoms with E-state index >= 15 is 0 Å². The normalized spacial score (nSPS) is 31.0. The zero-order chi connectivity index (χ0) is 11.4. The molecule has 2 rings (SSSR count). The number of nitrogens with two attached hydrogens (primary N) is 1. The predicted molar refractivity (Wildman–Crippen MR) is 67.7 cm³/mol. The molecule has 0 bridgehead atoms. The molecule has 3 heteroatoms. The van der Waals surface area contributed by atoms with Crippen molar-refractivity contribution in [2.45, 2.75) is 57.4 Å².